The van der Waals surface area contributed by atoms with Crippen molar-refractivity contribution in [1.29, 1.82) is 0 Å². The molecular weight excluding hydrogens is 590 g/mol. The zero-order chi connectivity index (χ0) is 31.5. The fourth-order valence-electron chi connectivity index (χ4n) is 5.34. The minimum Gasteiger partial charge on any atom is -0.424 e. The number of aliphatic hydroxyl groups excluding tert-OH is 1. The van der Waals surface area contributed by atoms with Gasteiger partial charge < -0.3 is 19.1 Å². The fourth-order valence-corrected chi connectivity index (χ4v) is 7.26. The second-order valence-corrected chi connectivity index (χ2v) is 13.4. The van der Waals surface area contributed by atoms with Crippen LogP contribution in [0.5, 0.6) is 5.75 Å². The molecule has 0 spiro atoms. The summed E-state index contributed by atoms with van der Waals surface area (Å²) < 4.78 is 54.0. The van der Waals surface area contributed by atoms with E-state index in [0.717, 1.165) is 45.7 Å². The molecule has 3 aromatic carbocycles. The summed E-state index contributed by atoms with van der Waals surface area (Å²) in [7, 11) is -3.90. The molecule has 6 atom stereocenters. The molecule has 1 saturated heterocycles. The highest BCUT2D eigenvalue weighted by Crippen LogP contribution is 2.51. The summed E-state index contributed by atoms with van der Waals surface area (Å²) in [6, 6.07) is 21.8. The molecule has 1 aliphatic heterocycles. The summed E-state index contributed by atoms with van der Waals surface area (Å²) in [6.45, 7) is 5.11. The lowest BCUT2D eigenvalue weighted by Crippen LogP contribution is -2.43. The van der Waals surface area contributed by atoms with Gasteiger partial charge in [-0.1, -0.05) is 61.5 Å². The zero-order valence-electron chi connectivity index (χ0n) is 24.7. The van der Waals surface area contributed by atoms with Crippen LogP contribution in [-0.2, 0) is 25.2 Å². The van der Waals surface area contributed by atoms with Crippen LogP contribution >= 0.6 is 7.60 Å². The van der Waals surface area contributed by atoms with Crippen molar-refractivity contribution in [2.75, 3.05) is 19.4 Å². The number of benzene rings is 3. The van der Waals surface area contributed by atoms with Crippen molar-refractivity contribution in [3.05, 3.63) is 111 Å². The van der Waals surface area contributed by atoms with Gasteiger partial charge in [0.25, 0.3) is 5.56 Å². The Morgan fingerprint density at radius 2 is 1.82 bits per heavy atom. The third kappa shape index (κ3) is 7.03. The third-order valence-corrected chi connectivity index (χ3v) is 9.80. The Balaban J connectivity index is 1.27. The molecule has 2 N–H and O–H groups in total. The number of alkyl halides is 1. The Kier molecular flexibility index (Phi) is 9.53. The van der Waals surface area contributed by atoms with Crippen LogP contribution < -0.4 is 15.8 Å². The first-order valence-corrected chi connectivity index (χ1v) is 16.1. The smallest absolute Gasteiger partial charge is 0.379 e. The Morgan fingerprint density at radius 3 is 2.57 bits per heavy atom. The highest BCUT2D eigenvalue weighted by molar-refractivity contribution is 7.54. The number of aryl methyl sites for hydroxylation is 1. The zero-order valence-corrected chi connectivity index (χ0v) is 25.6. The van der Waals surface area contributed by atoms with E-state index in [2.05, 4.69) is 18.2 Å². The van der Waals surface area contributed by atoms with Gasteiger partial charge in [0.1, 0.15) is 18.0 Å². The van der Waals surface area contributed by atoms with Crippen LogP contribution in [0, 0.1) is 12.8 Å². The SMILES string of the molecule is Cc1ccc2ccccc2c1COCC(C)CP(=O)(OC[C@H]1O[C@@H](n2ccc(=O)[nH]c2=O)[C@](C)(F)[C@@H]1O)Oc1ccccc1. The molecule has 44 heavy (non-hydrogen) atoms. The van der Waals surface area contributed by atoms with Crippen molar-refractivity contribution < 1.29 is 32.6 Å². The molecule has 0 bridgehead atoms. The summed E-state index contributed by atoms with van der Waals surface area (Å²) in [6.07, 6.45) is -3.53. The number of hydrogen-bond acceptors (Lipinski definition) is 8. The van der Waals surface area contributed by atoms with Gasteiger partial charge in [-0.15, -0.1) is 0 Å². The van der Waals surface area contributed by atoms with E-state index in [1.54, 1.807) is 30.3 Å². The van der Waals surface area contributed by atoms with Crippen molar-refractivity contribution in [2.45, 2.75) is 51.5 Å². The van der Waals surface area contributed by atoms with Crippen molar-refractivity contribution in [3.8, 4) is 5.75 Å². The van der Waals surface area contributed by atoms with E-state index in [1.165, 1.54) is 0 Å². The van der Waals surface area contributed by atoms with E-state index in [1.807, 2.05) is 37.0 Å². The third-order valence-electron chi connectivity index (χ3n) is 7.70. The predicted molar refractivity (Wildman–Crippen MR) is 164 cm³/mol. The van der Waals surface area contributed by atoms with Crippen LogP contribution in [0.1, 0.15) is 31.2 Å². The van der Waals surface area contributed by atoms with Gasteiger partial charge in [-0.2, -0.15) is 0 Å². The number of H-pyrrole nitrogens is 1. The van der Waals surface area contributed by atoms with Gasteiger partial charge in [0.05, 0.1) is 26.0 Å². The van der Waals surface area contributed by atoms with Crippen LogP contribution in [0.2, 0.25) is 0 Å². The Hall–Kier alpha value is -3.60. The lowest BCUT2D eigenvalue weighted by Gasteiger charge is -2.25. The molecule has 0 amide bonds. The summed E-state index contributed by atoms with van der Waals surface area (Å²) in [5.41, 5.74) is -1.80. The minimum absolute atomic E-state index is 0.0328. The van der Waals surface area contributed by atoms with E-state index in [-0.39, 0.29) is 18.7 Å². The van der Waals surface area contributed by atoms with E-state index in [4.69, 9.17) is 18.5 Å². The lowest BCUT2D eigenvalue weighted by molar-refractivity contribution is -0.0592. The topological polar surface area (TPSA) is 129 Å². The maximum absolute atomic E-state index is 15.7. The average molecular weight is 627 g/mol. The van der Waals surface area contributed by atoms with Crippen molar-refractivity contribution in [2.24, 2.45) is 5.92 Å². The van der Waals surface area contributed by atoms with Crippen LogP contribution in [-0.4, -0.2) is 51.9 Å². The van der Waals surface area contributed by atoms with Gasteiger partial charge in [0, 0.05) is 12.3 Å². The molecule has 5 rings (SSSR count). The molecule has 12 heteroatoms. The second-order valence-electron chi connectivity index (χ2n) is 11.3. The molecule has 4 aromatic rings. The maximum atomic E-state index is 15.7. The molecule has 2 unspecified atom stereocenters. The number of aromatic nitrogens is 2. The van der Waals surface area contributed by atoms with Crippen LogP contribution in [0.15, 0.2) is 88.6 Å². The highest BCUT2D eigenvalue weighted by Gasteiger charge is 2.55. The average Bonchev–Trinajstić information content (AvgIpc) is 3.21. The van der Waals surface area contributed by atoms with Gasteiger partial charge in [-0.25, -0.2) is 13.8 Å². The highest BCUT2D eigenvalue weighted by atomic mass is 31.2. The molecule has 0 radical (unpaired) electrons. The summed E-state index contributed by atoms with van der Waals surface area (Å²) in [5.74, 6) is 0.0457. The monoisotopic (exact) mass is 626 g/mol. The first-order valence-electron chi connectivity index (χ1n) is 14.3. The first kappa shape index (κ1) is 31.8. The van der Waals surface area contributed by atoms with Crippen molar-refractivity contribution >= 4 is 18.4 Å². The molecule has 1 fully saturated rings. The number of halogens is 1. The largest absolute Gasteiger partial charge is 0.424 e. The standard InChI is InChI=1S/C32H36FN2O8P/c1-21(17-40-18-26-22(2)13-14-23-9-7-8-12-25(23)26)20-44(39,43-24-10-5-4-6-11-24)41-19-27-29(37)32(3,33)30(42-27)35-16-15-28(36)34-31(35)38/h4-16,21,27,29-30,37H,17-20H2,1-3H3,(H,34,36,38)/t21?,27-,29-,30-,32-,44?/m1/s1. The first-order chi connectivity index (χ1) is 21.0. The van der Waals surface area contributed by atoms with E-state index in [0.29, 0.717) is 12.4 Å². The Morgan fingerprint density at radius 1 is 1.09 bits per heavy atom. The predicted octanol–water partition coefficient (Wildman–Crippen LogP) is 5.13. The van der Waals surface area contributed by atoms with E-state index >= 15 is 4.39 Å². The summed E-state index contributed by atoms with van der Waals surface area (Å²) in [5, 5.41) is 13.0. The van der Waals surface area contributed by atoms with Crippen LogP contribution in [0.4, 0.5) is 4.39 Å². The molecule has 1 aliphatic rings. The van der Waals surface area contributed by atoms with Gasteiger partial charge in [0.15, 0.2) is 11.9 Å². The molecular formula is C32H36FN2O8P. The second kappa shape index (κ2) is 13.2. The van der Waals surface area contributed by atoms with Crippen molar-refractivity contribution in [3.63, 3.8) is 0 Å². The Bertz CT molecular complexity index is 1760. The Labute approximate surface area is 253 Å². The number of nitrogens with one attached hydrogen (secondary N) is 1. The number of nitrogens with zero attached hydrogens (tertiary/aromatic N) is 1. The van der Waals surface area contributed by atoms with E-state index in [9.17, 15) is 19.3 Å². The summed E-state index contributed by atoms with van der Waals surface area (Å²) >= 11 is 0. The minimum atomic E-state index is -3.90. The van der Waals surface area contributed by atoms with Crippen molar-refractivity contribution in [1.82, 2.24) is 9.55 Å². The molecule has 10 nitrogen and oxygen atoms in total. The number of aromatic amines is 1. The van der Waals surface area contributed by atoms with E-state index < -0.39 is 49.6 Å². The molecule has 234 valence electrons. The van der Waals surface area contributed by atoms with Gasteiger partial charge >= 0.3 is 13.3 Å². The number of aliphatic hydroxyl groups is 1. The number of rotatable bonds is 12. The number of para-hydroxylation sites is 1. The molecule has 2 heterocycles. The van der Waals surface area contributed by atoms with Gasteiger partial charge in [0.2, 0.25) is 0 Å². The van der Waals surface area contributed by atoms with Gasteiger partial charge in [-0.3, -0.25) is 18.9 Å². The summed E-state index contributed by atoms with van der Waals surface area (Å²) in [4.78, 5) is 25.8. The number of fused-ring (bicyclic) bond motifs is 1. The number of ether oxygens (including phenoxy) is 2. The van der Waals surface area contributed by atoms with Crippen LogP contribution in [0.3, 0.4) is 0 Å². The van der Waals surface area contributed by atoms with Crippen LogP contribution in [0.25, 0.3) is 10.8 Å². The lowest BCUT2D eigenvalue weighted by atomic mass is 9.98. The molecule has 0 saturated carbocycles. The van der Waals surface area contributed by atoms with Gasteiger partial charge in [-0.05, 0) is 53.8 Å². The maximum Gasteiger partial charge on any atom is 0.379 e. The fraction of sp³-hybridized carbons (Fsp3) is 0.375. The normalized spacial score (nSPS) is 23.8. The number of hydrogen-bond donors (Lipinski definition) is 2. The molecule has 0 aliphatic carbocycles. The quantitative estimate of drug-likeness (QED) is 0.207. The molecule has 1 aromatic heterocycles.